The summed E-state index contributed by atoms with van der Waals surface area (Å²) in [5.74, 6) is -0.821. The standard InChI is InChI=1S/C21H18FN3O3/c1-2-28-21(27)17-5-3-4-6-18(17)25-20(26)14-11-12-23-19(13-14)24-16-9-7-15(22)8-10-16/h3-13H,2H2,1H3,(H,23,24)(H,25,26). The van der Waals surface area contributed by atoms with E-state index >= 15 is 0 Å². The molecule has 1 heterocycles. The molecule has 3 aromatic rings. The Bertz CT molecular complexity index is 990. The van der Waals surface area contributed by atoms with Crippen molar-refractivity contribution in [3.05, 3.63) is 83.8 Å². The van der Waals surface area contributed by atoms with E-state index in [0.717, 1.165) is 0 Å². The molecule has 7 heteroatoms. The van der Waals surface area contributed by atoms with Gasteiger partial charge in [0.1, 0.15) is 11.6 Å². The monoisotopic (exact) mass is 379 g/mol. The molecule has 2 aromatic carbocycles. The molecule has 0 saturated carbocycles. The molecule has 142 valence electrons. The van der Waals surface area contributed by atoms with Gasteiger partial charge in [-0.05, 0) is 55.5 Å². The molecule has 0 aliphatic rings. The number of halogens is 1. The predicted molar refractivity (Wildman–Crippen MR) is 104 cm³/mol. The topological polar surface area (TPSA) is 80.3 Å². The second-order valence-electron chi connectivity index (χ2n) is 5.78. The lowest BCUT2D eigenvalue weighted by molar-refractivity contribution is 0.0527. The smallest absolute Gasteiger partial charge is 0.340 e. The van der Waals surface area contributed by atoms with Gasteiger partial charge in [0.15, 0.2) is 0 Å². The number of hydrogen-bond donors (Lipinski definition) is 2. The van der Waals surface area contributed by atoms with Crippen LogP contribution in [0.1, 0.15) is 27.6 Å². The van der Waals surface area contributed by atoms with Crippen molar-refractivity contribution >= 4 is 29.1 Å². The Balaban J connectivity index is 1.77. The van der Waals surface area contributed by atoms with E-state index in [4.69, 9.17) is 4.74 Å². The number of hydrogen-bond acceptors (Lipinski definition) is 5. The normalized spacial score (nSPS) is 10.2. The first-order valence-electron chi connectivity index (χ1n) is 8.63. The molecule has 6 nitrogen and oxygen atoms in total. The molecule has 0 bridgehead atoms. The van der Waals surface area contributed by atoms with Crippen LogP contribution in [0.15, 0.2) is 66.9 Å². The minimum Gasteiger partial charge on any atom is -0.462 e. The SMILES string of the molecule is CCOC(=O)c1ccccc1NC(=O)c1ccnc(Nc2ccc(F)cc2)c1. The zero-order valence-electron chi connectivity index (χ0n) is 15.1. The Morgan fingerprint density at radius 3 is 2.57 bits per heavy atom. The molecular formula is C21H18FN3O3. The van der Waals surface area contributed by atoms with Gasteiger partial charge in [-0.15, -0.1) is 0 Å². The number of benzene rings is 2. The van der Waals surface area contributed by atoms with E-state index in [0.29, 0.717) is 22.8 Å². The third-order valence-electron chi connectivity index (χ3n) is 3.81. The van der Waals surface area contributed by atoms with Crippen LogP contribution in [0.25, 0.3) is 0 Å². The highest BCUT2D eigenvalue weighted by atomic mass is 19.1. The number of carbonyl (C=O) groups is 2. The molecule has 0 aliphatic carbocycles. The largest absolute Gasteiger partial charge is 0.462 e. The van der Waals surface area contributed by atoms with Gasteiger partial charge in [0.2, 0.25) is 0 Å². The van der Waals surface area contributed by atoms with E-state index in [1.165, 1.54) is 18.3 Å². The van der Waals surface area contributed by atoms with Crippen LogP contribution in [0.2, 0.25) is 0 Å². The molecule has 0 aliphatic heterocycles. The van der Waals surface area contributed by atoms with Crippen molar-refractivity contribution in [2.75, 3.05) is 17.2 Å². The van der Waals surface area contributed by atoms with Gasteiger partial charge in [-0.2, -0.15) is 0 Å². The van der Waals surface area contributed by atoms with Crippen LogP contribution in [0.5, 0.6) is 0 Å². The van der Waals surface area contributed by atoms with Gasteiger partial charge < -0.3 is 15.4 Å². The van der Waals surface area contributed by atoms with Crippen molar-refractivity contribution in [3.8, 4) is 0 Å². The van der Waals surface area contributed by atoms with Crippen molar-refractivity contribution in [1.29, 1.82) is 0 Å². The van der Waals surface area contributed by atoms with Gasteiger partial charge in [0, 0.05) is 17.4 Å². The number of para-hydroxylation sites is 1. The quantitative estimate of drug-likeness (QED) is 0.621. The highest BCUT2D eigenvalue weighted by Gasteiger charge is 2.15. The average molecular weight is 379 g/mol. The summed E-state index contributed by atoms with van der Waals surface area (Å²) in [6.45, 7) is 1.95. The molecule has 0 spiro atoms. The summed E-state index contributed by atoms with van der Waals surface area (Å²) in [5, 5.41) is 5.72. The lowest BCUT2D eigenvalue weighted by atomic mass is 10.1. The highest BCUT2D eigenvalue weighted by molar-refractivity contribution is 6.08. The summed E-state index contributed by atoms with van der Waals surface area (Å²) in [7, 11) is 0. The van der Waals surface area contributed by atoms with Crippen LogP contribution in [0.3, 0.4) is 0 Å². The second kappa shape index (κ2) is 8.77. The number of anilines is 3. The van der Waals surface area contributed by atoms with Crippen LogP contribution in [0.4, 0.5) is 21.6 Å². The fraction of sp³-hybridized carbons (Fsp3) is 0.0952. The second-order valence-corrected chi connectivity index (χ2v) is 5.78. The summed E-state index contributed by atoms with van der Waals surface area (Å²) in [6, 6.07) is 15.5. The molecular weight excluding hydrogens is 361 g/mol. The molecule has 0 fully saturated rings. The number of nitrogens with one attached hydrogen (secondary N) is 2. The maximum atomic E-state index is 13.0. The van der Waals surface area contributed by atoms with Crippen molar-refractivity contribution in [2.45, 2.75) is 6.92 Å². The summed E-state index contributed by atoms with van der Waals surface area (Å²) in [6.07, 6.45) is 1.48. The van der Waals surface area contributed by atoms with Gasteiger partial charge >= 0.3 is 5.97 Å². The number of pyridine rings is 1. The van der Waals surface area contributed by atoms with Gasteiger partial charge in [-0.3, -0.25) is 4.79 Å². The number of carbonyl (C=O) groups excluding carboxylic acids is 2. The van der Waals surface area contributed by atoms with Gasteiger partial charge in [-0.1, -0.05) is 12.1 Å². The Morgan fingerprint density at radius 2 is 1.82 bits per heavy atom. The number of esters is 1. The summed E-state index contributed by atoms with van der Waals surface area (Å²) in [4.78, 5) is 28.8. The third kappa shape index (κ3) is 4.70. The minimum absolute atomic E-state index is 0.240. The molecule has 3 rings (SSSR count). The number of amides is 1. The third-order valence-corrected chi connectivity index (χ3v) is 3.81. The highest BCUT2D eigenvalue weighted by Crippen LogP contribution is 2.19. The van der Waals surface area contributed by atoms with Gasteiger partial charge in [0.25, 0.3) is 5.91 Å². The molecule has 0 saturated heterocycles. The van der Waals surface area contributed by atoms with Crippen LogP contribution >= 0.6 is 0 Å². The Morgan fingerprint density at radius 1 is 1.07 bits per heavy atom. The van der Waals surface area contributed by atoms with Crippen LogP contribution < -0.4 is 10.6 Å². The first-order valence-corrected chi connectivity index (χ1v) is 8.63. The number of ether oxygens (including phenoxy) is 1. The van der Waals surface area contributed by atoms with Gasteiger partial charge in [-0.25, -0.2) is 14.2 Å². The Hall–Kier alpha value is -3.74. The number of aromatic nitrogens is 1. The lowest BCUT2D eigenvalue weighted by Crippen LogP contribution is -2.16. The lowest BCUT2D eigenvalue weighted by Gasteiger charge is -2.11. The first kappa shape index (κ1) is 19.0. The molecule has 1 aromatic heterocycles. The maximum absolute atomic E-state index is 13.0. The van der Waals surface area contributed by atoms with E-state index in [-0.39, 0.29) is 18.0 Å². The molecule has 0 atom stereocenters. The van der Waals surface area contributed by atoms with Crippen molar-refractivity contribution in [2.24, 2.45) is 0 Å². The molecule has 2 N–H and O–H groups in total. The van der Waals surface area contributed by atoms with E-state index in [9.17, 15) is 14.0 Å². The maximum Gasteiger partial charge on any atom is 0.340 e. The van der Waals surface area contributed by atoms with E-state index in [1.54, 1.807) is 55.5 Å². The molecule has 1 amide bonds. The summed E-state index contributed by atoms with van der Waals surface area (Å²) >= 11 is 0. The first-order chi connectivity index (χ1) is 13.6. The molecule has 0 unspecified atom stereocenters. The zero-order chi connectivity index (χ0) is 19.9. The molecule has 0 radical (unpaired) electrons. The minimum atomic E-state index is -0.508. The summed E-state index contributed by atoms with van der Waals surface area (Å²) in [5.41, 5.74) is 1.62. The van der Waals surface area contributed by atoms with Crippen molar-refractivity contribution < 1.29 is 18.7 Å². The van der Waals surface area contributed by atoms with Crippen molar-refractivity contribution in [1.82, 2.24) is 4.98 Å². The van der Waals surface area contributed by atoms with Crippen molar-refractivity contribution in [3.63, 3.8) is 0 Å². The Kier molecular flexibility index (Phi) is 5.96. The van der Waals surface area contributed by atoms with Gasteiger partial charge in [0.05, 0.1) is 17.9 Å². The van der Waals surface area contributed by atoms with Crippen LogP contribution in [-0.4, -0.2) is 23.5 Å². The van der Waals surface area contributed by atoms with E-state index in [1.807, 2.05) is 0 Å². The predicted octanol–water partition coefficient (Wildman–Crippen LogP) is 4.39. The zero-order valence-corrected chi connectivity index (χ0v) is 15.1. The molecule has 28 heavy (non-hydrogen) atoms. The van der Waals surface area contributed by atoms with Crippen LogP contribution in [-0.2, 0) is 4.74 Å². The fourth-order valence-corrected chi connectivity index (χ4v) is 2.49. The summed E-state index contributed by atoms with van der Waals surface area (Å²) < 4.78 is 18.0. The number of rotatable bonds is 6. The average Bonchev–Trinajstić information content (AvgIpc) is 2.70. The van der Waals surface area contributed by atoms with E-state index < -0.39 is 11.9 Å². The Labute approximate surface area is 161 Å². The van der Waals surface area contributed by atoms with Crippen LogP contribution in [0, 0.1) is 5.82 Å². The fourth-order valence-electron chi connectivity index (χ4n) is 2.49. The number of nitrogens with zero attached hydrogens (tertiary/aromatic N) is 1. The van der Waals surface area contributed by atoms with E-state index in [2.05, 4.69) is 15.6 Å².